The molecule has 0 radical (unpaired) electrons. The number of hydrogen-bond acceptors (Lipinski definition) is 11. The molecule has 0 bridgehead atoms. The first-order valence-electron chi connectivity index (χ1n) is 10.4. The molecule has 2 unspecified atom stereocenters. The molecule has 2 aliphatic heterocycles. The number of aliphatic hydroxyl groups is 4. The first kappa shape index (κ1) is 22.4. The number of fused-ring (bicyclic) bond motifs is 2. The van der Waals surface area contributed by atoms with Gasteiger partial charge in [-0.25, -0.2) is 0 Å². The molecule has 0 aliphatic carbocycles. The van der Waals surface area contributed by atoms with Crippen LogP contribution in [0.3, 0.4) is 0 Å². The molecule has 3 heterocycles. The standard InChI is InChI=1S/C23H22O11/c1-29-22-17(25)12-4-3-11(32-23-20(28)19(27)18(26)16(8-24)34-23)7-14(12)33-21(22)10-2-5-13-15(6-10)31-9-30-13/h2-7,16,18-20,23-24,26-28H,8-9H2,1H3/t16?,18-,19+,20?,23-/m1/s1. The van der Waals surface area contributed by atoms with Gasteiger partial charge in [-0.15, -0.1) is 0 Å². The molecule has 0 amide bonds. The summed E-state index contributed by atoms with van der Waals surface area (Å²) >= 11 is 0. The van der Waals surface area contributed by atoms with E-state index in [1.54, 1.807) is 18.2 Å². The van der Waals surface area contributed by atoms with Gasteiger partial charge in [-0.3, -0.25) is 4.79 Å². The summed E-state index contributed by atoms with van der Waals surface area (Å²) in [6, 6.07) is 9.42. The Kier molecular flexibility index (Phi) is 5.80. The molecule has 3 aromatic rings. The second kappa shape index (κ2) is 8.78. The Morgan fingerprint density at radius 2 is 1.79 bits per heavy atom. The largest absolute Gasteiger partial charge is 0.490 e. The lowest BCUT2D eigenvalue weighted by molar-refractivity contribution is -0.277. The third-order valence-electron chi connectivity index (χ3n) is 5.76. The van der Waals surface area contributed by atoms with Crippen LogP contribution in [0.5, 0.6) is 23.0 Å². The van der Waals surface area contributed by atoms with Gasteiger partial charge in [0.15, 0.2) is 17.3 Å². The van der Waals surface area contributed by atoms with Gasteiger partial charge in [0.2, 0.25) is 24.3 Å². The molecule has 1 saturated heterocycles. The maximum atomic E-state index is 13.1. The van der Waals surface area contributed by atoms with Crippen LogP contribution in [0.2, 0.25) is 0 Å². The zero-order valence-electron chi connectivity index (χ0n) is 17.9. The van der Waals surface area contributed by atoms with E-state index in [-0.39, 0.29) is 35.0 Å². The van der Waals surface area contributed by atoms with Gasteiger partial charge in [0.1, 0.15) is 35.7 Å². The van der Waals surface area contributed by atoms with Crippen molar-refractivity contribution in [1.29, 1.82) is 0 Å². The zero-order valence-corrected chi connectivity index (χ0v) is 17.9. The van der Waals surface area contributed by atoms with Gasteiger partial charge in [0.05, 0.1) is 19.1 Å². The van der Waals surface area contributed by atoms with Crippen molar-refractivity contribution >= 4 is 11.0 Å². The van der Waals surface area contributed by atoms with Crippen molar-refractivity contribution in [2.75, 3.05) is 20.5 Å². The van der Waals surface area contributed by atoms with E-state index in [1.807, 2.05) is 0 Å². The highest BCUT2D eigenvalue weighted by atomic mass is 16.7. The van der Waals surface area contributed by atoms with Gasteiger partial charge in [-0.1, -0.05) is 0 Å². The zero-order chi connectivity index (χ0) is 24.0. The predicted molar refractivity (Wildman–Crippen MR) is 115 cm³/mol. The SMILES string of the molecule is COc1c(-c2ccc3c(c2)OCO3)oc2cc(O[C@@H]3OC(CO)[C@@H](O)[C@H](O)C3O)ccc2c1=O. The Bertz CT molecular complexity index is 1270. The second-order valence-electron chi connectivity index (χ2n) is 7.83. The molecule has 2 aliphatic rings. The fourth-order valence-corrected chi connectivity index (χ4v) is 3.94. The Morgan fingerprint density at radius 1 is 1.00 bits per heavy atom. The minimum atomic E-state index is -1.59. The molecule has 2 aromatic carbocycles. The summed E-state index contributed by atoms with van der Waals surface area (Å²) < 4.78 is 33.1. The smallest absolute Gasteiger partial charge is 0.235 e. The highest BCUT2D eigenvalue weighted by Gasteiger charge is 2.44. The summed E-state index contributed by atoms with van der Waals surface area (Å²) in [6.45, 7) is -0.494. The number of methoxy groups -OCH3 is 1. The topological polar surface area (TPSA) is 157 Å². The van der Waals surface area contributed by atoms with Gasteiger partial charge in [-0.2, -0.15) is 0 Å². The fourth-order valence-electron chi connectivity index (χ4n) is 3.94. The Hall–Kier alpha value is -3.35. The Morgan fingerprint density at radius 3 is 2.56 bits per heavy atom. The van der Waals surface area contributed by atoms with Crippen molar-refractivity contribution in [2.24, 2.45) is 0 Å². The van der Waals surface area contributed by atoms with Crippen molar-refractivity contribution in [3.63, 3.8) is 0 Å². The average Bonchev–Trinajstić information content (AvgIpc) is 3.32. The number of rotatable bonds is 5. The molecule has 5 atom stereocenters. The highest BCUT2D eigenvalue weighted by molar-refractivity contribution is 5.83. The van der Waals surface area contributed by atoms with E-state index in [0.717, 1.165) is 0 Å². The lowest BCUT2D eigenvalue weighted by Gasteiger charge is -2.39. The van der Waals surface area contributed by atoms with Crippen LogP contribution in [0.25, 0.3) is 22.3 Å². The molecule has 1 aromatic heterocycles. The van der Waals surface area contributed by atoms with Crippen LogP contribution in [0, 0.1) is 0 Å². The number of hydrogen-bond donors (Lipinski definition) is 4. The molecular formula is C23H22O11. The van der Waals surface area contributed by atoms with E-state index in [4.69, 9.17) is 28.1 Å². The van der Waals surface area contributed by atoms with Crippen LogP contribution in [0.4, 0.5) is 0 Å². The molecule has 11 nitrogen and oxygen atoms in total. The second-order valence-corrected chi connectivity index (χ2v) is 7.83. The van der Waals surface area contributed by atoms with Crippen molar-refractivity contribution in [3.8, 4) is 34.3 Å². The van der Waals surface area contributed by atoms with Crippen molar-refractivity contribution in [3.05, 3.63) is 46.6 Å². The lowest BCUT2D eigenvalue weighted by atomic mass is 9.99. The fraction of sp³-hybridized carbons (Fsp3) is 0.348. The van der Waals surface area contributed by atoms with Crippen molar-refractivity contribution < 1.29 is 48.5 Å². The maximum absolute atomic E-state index is 13.1. The normalized spacial score (nSPS) is 26.0. The molecule has 34 heavy (non-hydrogen) atoms. The van der Waals surface area contributed by atoms with Gasteiger partial charge in [0, 0.05) is 11.6 Å². The van der Waals surface area contributed by atoms with Crippen LogP contribution in [-0.2, 0) is 4.74 Å². The average molecular weight is 474 g/mol. The third kappa shape index (κ3) is 3.73. The summed E-state index contributed by atoms with van der Waals surface area (Å²) in [5.41, 5.74) is 0.289. The summed E-state index contributed by atoms with van der Waals surface area (Å²) in [5.74, 6) is 1.40. The molecule has 1 fully saturated rings. The van der Waals surface area contributed by atoms with Crippen LogP contribution in [-0.4, -0.2) is 71.6 Å². The minimum absolute atomic E-state index is 0.00830. The maximum Gasteiger partial charge on any atom is 0.235 e. The summed E-state index contributed by atoms with van der Waals surface area (Å²) in [6.07, 6.45) is -7.18. The first-order chi connectivity index (χ1) is 16.4. The van der Waals surface area contributed by atoms with Crippen molar-refractivity contribution in [1.82, 2.24) is 0 Å². The summed E-state index contributed by atoms with van der Waals surface area (Å²) in [7, 11) is 1.37. The van der Waals surface area contributed by atoms with Gasteiger partial charge >= 0.3 is 0 Å². The van der Waals surface area contributed by atoms with E-state index < -0.39 is 42.7 Å². The van der Waals surface area contributed by atoms with Crippen molar-refractivity contribution in [2.45, 2.75) is 30.7 Å². The molecule has 5 rings (SSSR count). The van der Waals surface area contributed by atoms with E-state index >= 15 is 0 Å². The summed E-state index contributed by atoms with van der Waals surface area (Å²) in [4.78, 5) is 13.1. The third-order valence-corrected chi connectivity index (χ3v) is 5.76. The Labute approximate surface area is 192 Å². The van der Waals surface area contributed by atoms with E-state index in [0.29, 0.717) is 17.1 Å². The van der Waals surface area contributed by atoms with Gasteiger partial charge in [-0.05, 0) is 30.3 Å². The first-order valence-corrected chi connectivity index (χ1v) is 10.4. The molecule has 0 spiro atoms. The van der Waals surface area contributed by atoms with Crippen LogP contribution in [0.1, 0.15) is 0 Å². The van der Waals surface area contributed by atoms with Crippen LogP contribution >= 0.6 is 0 Å². The molecule has 11 heteroatoms. The molecule has 0 saturated carbocycles. The number of aliphatic hydroxyl groups excluding tert-OH is 4. The van der Waals surface area contributed by atoms with Crippen LogP contribution in [0.15, 0.2) is 45.6 Å². The van der Waals surface area contributed by atoms with E-state index in [2.05, 4.69) is 0 Å². The molecule has 4 N–H and O–H groups in total. The predicted octanol–water partition coefficient (Wildman–Crippen LogP) is 0.376. The molecule has 180 valence electrons. The Balaban J connectivity index is 1.52. The van der Waals surface area contributed by atoms with Crippen LogP contribution < -0.4 is 24.4 Å². The highest BCUT2D eigenvalue weighted by Crippen LogP contribution is 2.39. The monoisotopic (exact) mass is 474 g/mol. The molecular weight excluding hydrogens is 452 g/mol. The quantitative estimate of drug-likeness (QED) is 0.405. The minimum Gasteiger partial charge on any atom is -0.490 e. The number of ether oxygens (including phenoxy) is 5. The number of benzene rings is 2. The summed E-state index contributed by atoms with van der Waals surface area (Å²) in [5, 5.41) is 39.7. The van der Waals surface area contributed by atoms with E-state index in [9.17, 15) is 25.2 Å². The van der Waals surface area contributed by atoms with E-state index in [1.165, 1.54) is 25.3 Å². The van der Waals surface area contributed by atoms with Gasteiger partial charge < -0.3 is 48.5 Å². The van der Waals surface area contributed by atoms with Gasteiger partial charge in [0.25, 0.3) is 0 Å². The lowest BCUT2D eigenvalue weighted by Crippen LogP contribution is -2.60.